The van der Waals surface area contributed by atoms with Crippen molar-refractivity contribution in [2.75, 3.05) is 27.7 Å². The number of anilines is 3. The first-order valence-electron chi connectivity index (χ1n) is 10.4. The molecule has 0 bridgehead atoms. The summed E-state index contributed by atoms with van der Waals surface area (Å²) in [5, 5.41) is 2.77. The third kappa shape index (κ3) is 6.42. The van der Waals surface area contributed by atoms with E-state index in [-0.39, 0.29) is 27.2 Å². The Bertz CT molecular complexity index is 1480. The molecule has 1 aromatic heterocycles. The van der Waals surface area contributed by atoms with Gasteiger partial charge in [-0.2, -0.15) is 0 Å². The summed E-state index contributed by atoms with van der Waals surface area (Å²) in [6.07, 6.45) is 2.40. The molecule has 0 aliphatic rings. The van der Waals surface area contributed by atoms with Crippen LogP contribution in [-0.2, 0) is 24.8 Å². The monoisotopic (exact) mass is 553 g/mol. The molecule has 1 atom stereocenters. The number of rotatable bonds is 9. The van der Waals surface area contributed by atoms with E-state index in [9.17, 15) is 21.6 Å². The number of hydrogen-bond donors (Lipinski definition) is 2. The Balaban J connectivity index is 1.78. The topological polar surface area (TPSA) is 148 Å². The summed E-state index contributed by atoms with van der Waals surface area (Å²) in [5.74, 6) is -0.362. The number of carbonyl (C=O) groups is 1. The first-order valence-corrected chi connectivity index (χ1v) is 14.1. The number of nitrogens with one attached hydrogen (secondary N) is 2. The molecule has 2 N–H and O–H groups in total. The van der Waals surface area contributed by atoms with Crippen LogP contribution >= 0.6 is 11.6 Å². The minimum Gasteiger partial charge on any atom is -0.495 e. The highest BCUT2D eigenvalue weighted by Gasteiger charge is 2.30. The minimum atomic E-state index is -3.97. The molecule has 36 heavy (non-hydrogen) atoms. The van der Waals surface area contributed by atoms with Crippen LogP contribution in [-0.4, -0.2) is 52.1 Å². The molecule has 11 nitrogen and oxygen atoms in total. The highest BCUT2D eigenvalue weighted by Crippen LogP contribution is 2.31. The summed E-state index contributed by atoms with van der Waals surface area (Å²) < 4.78 is 58.6. The van der Waals surface area contributed by atoms with E-state index >= 15 is 0 Å². The summed E-state index contributed by atoms with van der Waals surface area (Å²) in [6.45, 7) is 3.12. The number of ether oxygens (including phenoxy) is 1. The van der Waals surface area contributed by atoms with Gasteiger partial charge in [0.05, 0.1) is 29.0 Å². The molecule has 3 rings (SSSR count). The zero-order valence-electron chi connectivity index (χ0n) is 19.8. The van der Waals surface area contributed by atoms with Crippen molar-refractivity contribution in [2.24, 2.45) is 0 Å². The maximum absolute atomic E-state index is 12.9. The van der Waals surface area contributed by atoms with Gasteiger partial charge in [0.15, 0.2) is 0 Å². The average Bonchev–Trinajstić information content (AvgIpc) is 2.78. The van der Waals surface area contributed by atoms with Gasteiger partial charge in [0.2, 0.25) is 21.9 Å². The number of amides is 1. The van der Waals surface area contributed by atoms with Gasteiger partial charge in [-0.1, -0.05) is 11.6 Å². The van der Waals surface area contributed by atoms with Crippen molar-refractivity contribution in [1.82, 2.24) is 9.97 Å². The third-order valence-corrected chi connectivity index (χ3v) is 7.81. The fraction of sp³-hybridized carbons (Fsp3) is 0.227. The predicted molar refractivity (Wildman–Crippen MR) is 137 cm³/mol. The van der Waals surface area contributed by atoms with E-state index in [2.05, 4.69) is 20.0 Å². The van der Waals surface area contributed by atoms with Crippen molar-refractivity contribution in [2.45, 2.75) is 24.8 Å². The van der Waals surface area contributed by atoms with Crippen molar-refractivity contribution in [1.29, 1.82) is 0 Å². The maximum atomic E-state index is 12.9. The van der Waals surface area contributed by atoms with E-state index in [1.54, 1.807) is 13.0 Å². The first-order chi connectivity index (χ1) is 16.8. The van der Waals surface area contributed by atoms with E-state index in [4.69, 9.17) is 16.3 Å². The highest BCUT2D eigenvalue weighted by molar-refractivity contribution is 7.92. The molecule has 0 spiro atoms. The Labute approximate surface area is 214 Å². The Morgan fingerprint density at radius 2 is 1.75 bits per heavy atom. The largest absolute Gasteiger partial charge is 0.495 e. The number of sulfonamides is 2. The van der Waals surface area contributed by atoms with Crippen molar-refractivity contribution >= 4 is 54.9 Å². The van der Waals surface area contributed by atoms with Crippen molar-refractivity contribution in [3.63, 3.8) is 0 Å². The zero-order valence-corrected chi connectivity index (χ0v) is 22.1. The standard InChI is InChI=1S/C22H24ClN5O6S2/c1-14-11-12-24-22(25-14)27-36(32,33)18-8-5-16(6-9-18)26-21(29)15(2)28(35(4,30)31)17-7-10-20(34-3)19(23)13-17/h5-13,15H,1-4H3,(H,26,29)(H,24,25,27)/t15-/m1/s1. The van der Waals surface area contributed by atoms with Gasteiger partial charge in [0.1, 0.15) is 11.8 Å². The molecule has 0 saturated heterocycles. The van der Waals surface area contributed by atoms with Crippen LogP contribution in [0, 0.1) is 6.92 Å². The number of aryl methyl sites for hydroxylation is 1. The van der Waals surface area contributed by atoms with Crippen LogP contribution in [0.15, 0.2) is 59.6 Å². The molecule has 192 valence electrons. The molecule has 0 fully saturated rings. The molecule has 0 aliphatic heterocycles. The number of hydrogen-bond acceptors (Lipinski definition) is 8. The second kappa shape index (κ2) is 10.7. The highest BCUT2D eigenvalue weighted by atomic mass is 35.5. The van der Waals surface area contributed by atoms with Crippen molar-refractivity contribution in [3.05, 3.63) is 65.4 Å². The lowest BCUT2D eigenvalue weighted by molar-refractivity contribution is -0.116. The second-order valence-electron chi connectivity index (χ2n) is 7.69. The van der Waals surface area contributed by atoms with Crippen molar-refractivity contribution in [3.8, 4) is 5.75 Å². The van der Waals surface area contributed by atoms with Gasteiger partial charge < -0.3 is 10.1 Å². The van der Waals surface area contributed by atoms with E-state index in [0.717, 1.165) is 10.6 Å². The molecule has 0 unspecified atom stereocenters. The third-order valence-electron chi connectivity index (χ3n) is 4.93. The number of nitrogens with zero attached hydrogens (tertiary/aromatic N) is 3. The van der Waals surface area contributed by atoms with E-state index < -0.39 is 32.0 Å². The van der Waals surface area contributed by atoms with Crippen molar-refractivity contribution < 1.29 is 26.4 Å². The summed E-state index contributed by atoms with van der Waals surface area (Å²) in [7, 11) is -6.42. The van der Waals surface area contributed by atoms with Gasteiger partial charge in [-0.05, 0) is 62.4 Å². The fourth-order valence-corrected chi connectivity index (χ4v) is 5.61. The van der Waals surface area contributed by atoms with Crippen LogP contribution in [0.5, 0.6) is 5.75 Å². The van der Waals surface area contributed by atoms with Crippen LogP contribution < -0.4 is 19.1 Å². The maximum Gasteiger partial charge on any atom is 0.264 e. The number of benzene rings is 2. The van der Waals surface area contributed by atoms with Gasteiger partial charge in [-0.15, -0.1) is 0 Å². The van der Waals surface area contributed by atoms with Gasteiger partial charge in [0.25, 0.3) is 10.0 Å². The summed E-state index contributed by atoms with van der Waals surface area (Å²) in [4.78, 5) is 20.7. The van der Waals surface area contributed by atoms with Crippen LogP contribution in [0.2, 0.25) is 5.02 Å². The summed E-state index contributed by atoms with van der Waals surface area (Å²) >= 11 is 6.14. The van der Waals surface area contributed by atoms with Gasteiger partial charge in [0, 0.05) is 17.6 Å². The molecular weight excluding hydrogens is 530 g/mol. The fourth-order valence-electron chi connectivity index (χ4n) is 3.24. The summed E-state index contributed by atoms with van der Waals surface area (Å²) in [5.41, 5.74) is 1.03. The van der Waals surface area contributed by atoms with Crippen LogP contribution in [0.1, 0.15) is 12.6 Å². The lowest BCUT2D eigenvalue weighted by Gasteiger charge is -2.28. The summed E-state index contributed by atoms with van der Waals surface area (Å²) in [6, 6.07) is 10.2. The number of aromatic nitrogens is 2. The first kappa shape index (κ1) is 27.2. The lowest BCUT2D eigenvalue weighted by Crippen LogP contribution is -2.45. The molecule has 1 heterocycles. The normalized spacial score (nSPS) is 12.5. The molecule has 1 amide bonds. The second-order valence-corrected chi connectivity index (χ2v) is 11.6. The molecule has 14 heteroatoms. The number of methoxy groups -OCH3 is 1. The number of halogens is 1. The zero-order chi connectivity index (χ0) is 26.7. The van der Waals surface area contributed by atoms with Crippen LogP contribution in [0.4, 0.5) is 17.3 Å². The van der Waals surface area contributed by atoms with Gasteiger partial charge in [-0.25, -0.2) is 31.5 Å². The SMILES string of the molecule is COc1ccc(N([C@H](C)C(=O)Nc2ccc(S(=O)(=O)Nc3nccc(C)n3)cc2)S(C)(=O)=O)cc1Cl. The molecule has 0 radical (unpaired) electrons. The lowest BCUT2D eigenvalue weighted by atomic mass is 10.2. The molecule has 0 saturated carbocycles. The Morgan fingerprint density at radius 1 is 1.08 bits per heavy atom. The smallest absolute Gasteiger partial charge is 0.264 e. The van der Waals surface area contributed by atoms with Gasteiger partial charge >= 0.3 is 0 Å². The van der Waals surface area contributed by atoms with Crippen LogP contribution in [0.25, 0.3) is 0 Å². The molecular formula is C22H24ClN5O6S2. The Morgan fingerprint density at radius 3 is 2.31 bits per heavy atom. The van der Waals surface area contributed by atoms with Crippen LogP contribution in [0.3, 0.4) is 0 Å². The Hall–Kier alpha value is -3.42. The quantitative estimate of drug-likeness (QED) is 0.411. The number of carbonyl (C=O) groups excluding carboxylic acids is 1. The molecule has 3 aromatic rings. The van der Waals surface area contributed by atoms with E-state index in [0.29, 0.717) is 11.4 Å². The Kier molecular flexibility index (Phi) is 8.06. The molecule has 2 aromatic carbocycles. The average molecular weight is 554 g/mol. The van der Waals surface area contributed by atoms with Gasteiger partial charge in [-0.3, -0.25) is 9.10 Å². The minimum absolute atomic E-state index is 0.0688. The van der Waals surface area contributed by atoms with E-state index in [1.807, 2.05) is 0 Å². The molecule has 0 aliphatic carbocycles. The predicted octanol–water partition coefficient (Wildman–Crippen LogP) is 3.04. The van der Waals surface area contributed by atoms with E-state index in [1.165, 1.54) is 62.7 Å².